The predicted molar refractivity (Wildman–Crippen MR) is 45.7 cm³/mol. The Labute approximate surface area is 65.0 Å². The molecule has 0 aromatic carbocycles. The molecule has 0 nitrogen and oxygen atoms in total. The smallest absolute Gasteiger partial charge is 0.0300 e. The highest BCUT2D eigenvalue weighted by Crippen LogP contribution is 2.42. The number of rotatable bonds is 1. The van der Waals surface area contributed by atoms with Crippen molar-refractivity contribution in [2.45, 2.75) is 46.0 Å². The molecule has 1 aliphatic carbocycles. The van der Waals surface area contributed by atoms with Gasteiger partial charge in [-0.25, -0.2) is 0 Å². The van der Waals surface area contributed by atoms with Crippen molar-refractivity contribution >= 4 is 0 Å². The van der Waals surface area contributed by atoms with Crippen molar-refractivity contribution in [1.82, 2.24) is 0 Å². The van der Waals surface area contributed by atoms with Crippen molar-refractivity contribution in [3.63, 3.8) is 0 Å². The fourth-order valence-electron chi connectivity index (χ4n) is 1.95. The highest BCUT2D eigenvalue weighted by Gasteiger charge is 2.31. The third-order valence-electron chi connectivity index (χ3n) is 3.40. The zero-order valence-corrected chi connectivity index (χ0v) is 7.32. The molecular weight excluding hydrogens is 120 g/mol. The van der Waals surface area contributed by atoms with E-state index in [1.54, 1.807) is 0 Å². The van der Waals surface area contributed by atoms with Crippen molar-refractivity contribution in [2.24, 2.45) is 11.3 Å². The molecule has 1 fully saturated rings. The van der Waals surface area contributed by atoms with E-state index in [2.05, 4.69) is 20.8 Å². The molecule has 2 atom stereocenters. The highest BCUT2D eigenvalue weighted by molar-refractivity contribution is 4.84. The van der Waals surface area contributed by atoms with Crippen LogP contribution in [0, 0.1) is 18.3 Å². The summed E-state index contributed by atoms with van der Waals surface area (Å²) in [6, 6.07) is 0. The van der Waals surface area contributed by atoms with E-state index in [1.165, 1.54) is 25.7 Å². The van der Waals surface area contributed by atoms with Gasteiger partial charge in [-0.2, -0.15) is 0 Å². The van der Waals surface area contributed by atoms with Crippen LogP contribution in [0.5, 0.6) is 0 Å². The van der Waals surface area contributed by atoms with E-state index < -0.39 is 0 Å². The molecule has 0 aromatic heterocycles. The summed E-state index contributed by atoms with van der Waals surface area (Å²) in [6.07, 6.45) is 6.81. The molecule has 10 heavy (non-hydrogen) atoms. The molecule has 1 aliphatic rings. The molecule has 59 valence electrons. The van der Waals surface area contributed by atoms with E-state index in [9.17, 15) is 0 Å². The molecule has 0 saturated heterocycles. The third kappa shape index (κ3) is 1.36. The van der Waals surface area contributed by atoms with Crippen molar-refractivity contribution in [3.05, 3.63) is 6.92 Å². The van der Waals surface area contributed by atoms with Gasteiger partial charge in [-0.15, -0.1) is 0 Å². The maximum atomic E-state index is 4.03. The van der Waals surface area contributed by atoms with E-state index >= 15 is 0 Å². The molecule has 0 aromatic rings. The topological polar surface area (TPSA) is 0 Å². The van der Waals surface area contributed by atoms with E-state index in [-0.39, 0.29) is 0 Å². The standard InChI is InChI=1S/C10H19/c1-4-10(3)8-6-5-7-9(10)2/h9H,1,4-8H2,2-3H3. The molecule has 0 N–H and O–H groups in total. The summed E-state index contributed by atoms with van der Waals surface area (Å²) in [5.74, 6) is 0.902. The summed E-state index contributed by atoms with van der Waals surface area (Å²) in [7, 11) is 0. The second-order valence-electron chi connectivity index (χ2n) is 4.05. The monoisotopic (exact) mass is 139 g/mol. The van der Waals surface area contributed by atoms with Crippen molar-refractivity contribution in [3.8, 4) is 0 Å². The van der Waals surface area contributed by atoms with E-state index in [4.69, 9.17) is 0 Å². The largest absolute Gasteiger partial charge is 0.0620 e. The Morgan fingerprint density at radius 1 is 1.50 bits per heavy atom. The molecule has 0 spiro atoms. The number of hydrogen-bond donors (Lipinski definition) is 0. The molecule has 0 bridgehead atoms. The van der Waals surface area contributed by atoms with Crippen LogP contribution in [0.1, 0.15) is 46.0 Å². The van der Waals surface area contributed by atoms with Gasteiger partial charge in [0, 0.05) is 0 Å². The fraction of sp³-hybridized carbons (Fsp3) is 0.900. The van der Waals surface area contributed by atoms with Gasteiger partial charge in [-0.05, 0) is 24.2 Å². The Balaban J connectivity index is 2.54. The van der Waals surface area contributed by atoms with Gasteiger partial charge in [0.25, 0.3) is 0 Å². The second-order valence-corrected chi connectivity index (χ2v) is 4.05. The van der Waals surface area contributed by atoms with E-state index in [0.29, 0.717) is 5.41 Å². The second kappa shape index (κ2) is 2.94. The molecule has 0 amide bonds. The van der Waals surface area contributed by atoms with Crippen LogP contribution in [0.3, 0.4) is 0 Å². The molecule has 1 rings (SSSR count). The quantitative estimate of drug-likeness (QED) is 0.522. The van der Waals surface area contributed by atoms with Gasteiger partial charge >= 0.3 is 0 Å². The molecule has 1 radical (unpaired) electrons. The summed E-state index contributed by atoms with van der Waals surface area (Å²) in [6.45, 7) is 8.80. The fourth-order valence-corrected chi connectivity index (χ4v) is 1.95. The van der Waals surface area contributed by atoms with Gasteiger partial charge in [-0.3, -0.25) is 0 Å². The molecule has 2 unspecified atom stereocenters. The van der Waals surface area contributed by atoms with Gasteiger partial charge in [-0.1, -0.05) is 40.0 Å². The Hall–Kier alpha value is 0. The Morgan fingerprint density at radius 2 is 2.20 bits per heavy atom. The first-order valence-electron chi connectivity index (χ1n) is 4.48. The summed E-state index contributed by atoms with van der Waals surface area (Å²) in [4.78, 5) is 0. The summed E-state index contributed by atoms with van der Waals surface area (Å²) in [5.41, 5.74) is 0.568. The van der Waals surface area contributed by atoms with Crippen molar-refractivity contribution < 1.29 is 0 Å². The first-order valence-corrected chi connectivity index (χ1v) is 4.48. The maximum absolute atomic E-state index is 4.03. The predicted octanol–water partition coefficient (Wildman–Crippen LogP) is 3.43. The van der Waals surface area contributed by atoms with Gasteiger partial charge in [0.05, 0.1) is 0 Å². The van der Waals surface area contributed by atoms with Gasteiger partial charge in [0.15, 0.2) is 0 Å². The minimum absolute atomic E-state index is 0.568. The van der Waals surface area contributed by atoms with Crippen molar-refractivity contribution in [2.75, 3.05) is 0 Å². The lowest BCUT2D eigenvalue weighted by atomic mass is 9.67. The molecule has 0 aliphatic heterocycles. The summed E-state index contributed by atoms with van der Waals surface area (Å²) < 4.78 is 0. The van der Waals surface area contributed by atoms with Gasteiger partial charge in [0.1, 0.15) is 0 Å². The normalized spacial score (nSPS) is 41.7. The van der Waals surface area contributed by atoms with Crippen LogP contribution in [0.25, 0.3) is 0 Å². The zero-order valence-electron chi connectivity index (χ0n) is 7.32. The lowest BCUT2D eigenvalue weighted by molar-refractivity contribution is 0.133. The Morgan fingerprint density at radius 3 is 2.60 bits per heavy atom. The van der Waals surface area contributed by atoms with Crippen LogP contribution in [-0.4, -0.2) is 0 Å². The minimum atomic E-state index is 0.568. The SMILES string of the molecule is [CH2]CC1(C)CCCCC1C. The third-order valence-corrected chi connectivity index (χ3v) is 3.40. The molecular formula is C10H19. The molecule has 0 heterocycles. The lowest BCUT2D eigenvalue weighted by Crippen LogP contribution is -2.27. The first-order chi connectivity index (χ1) is 4.69. The molecule has 0 heteroatoms. The molecule has 1 saturated carbocycles. The van der Waals surface area contributed by atoms with Crippen LogP contribution in [0.2, 0.25) is 0 Å². The van der Waals surface area contributed by atoms with Crippen LogP contribution < -0.4 is 0 Å². The minimum Gasteiger partial charge on any atom is -0.0620 e. The highest BCUT2D eigenvalue weighted by atomic mass is 14.4. The van der Waals surface area contributed by atoms with Crippen molar-refractivity contribution in [1.29, 1.82) is 0 Å². The van der Waals surface area contributed by atoms with Crippen LogP contribution in [0.15, 0.2) is 0 Å². The average Bonchev–Trinajstić information content (AvgIpc) is 1.96. The average molecular weight is 139 g/mol. The lowest BCUT2D eigenvalue weighted by Gasteiger charge is -2.39. The van der Waals surface area contributed by atoms with E-state index in [0.717, 1.165) is 12.3 Å². The Kier molecular flexibility index (Phi) is 2.38. The van der Waals surface area contributed by atoms with Gasteiger partial charge < -0.3 is 0 Å². The van der Waals surface area contributed by atoms with Crippen LogP contribution in [0.4, 0.5) is 0 Å². The first kappa shape index (κ1) is 8.10. The van der Waals surface area contributed by atoms with Gasteiger partial charge in [0.2, 0.25) is 0 Å². The van der Waals surface area contributed by atoms with Crippen LogP contribution >= 0.6 is 0 Å². The van der Waals surface area contributed by atoms with E-state index in [1.807, 2.05) is 0 Å². The maximum Gasteiger partial charge on any atom is -0.0300 e. The Bertz CT molecular complexity index is 107. The van der Waals surface area contributed by atoms with Crippen LogP contribution in [-0.2, 0) is 0 Å². The number of hydrogen-bond acceptors (Lipinski definition) is 0. The summed E-state index contributed by atoms with van der Waals surface area (Å²) >= 11 is 0. The summed E-state index contributed by atoms with van der Waals surface area (Å²) in [5, 5.41) is 0. The zero-order chi connectivity index (χ0) is 7.61.